The molecular formula is C14H21N5O2. The van der Waals surface area contributed by atoms with E-state index in [1.54, 1.807) is 18.3 Å². The van der Waals surface area contributed by atoms with E-state index in [0.29, 0.717) is 19.5 Å². The number of likely N-dealkylation sites (N-methyl/N-ethyl adjacent to an activating group) is 1. The fourth-order valence-corrected chi connectivity index (χ4v) is 3.18. The molecule has 2 unspecified atom stereocenters. The van der Waals surface area contributed by atoms with Crippen molar-refractivity contribution in [2.24, 2.45) is 0 Å². The van der Waals surface area contributed by atoms with Gasteiger partial charge in [-0.1, -0.05) is 0 Å². The lowest BCUT2D eigenvalue weighted by Crippen LogP contribution is -2.57. The summed E-state index contributed by atoms with van der Waals surface area (Å²) in [6.45, 7) is 1.27. The number of nitrogens with one attached hydrogen (secondary N) is 3. The Bertz CT molecular complexity index is 541. The summed E-state index contributed by atoms with van der Waals surface area (Å²) < 4.78 is 0. The Hall–Kier alpha value is -1.89. The van der Waals surface area contributed by atoms with E-state index in [9.17, 15) is 9.59 Å². The minimum Gasteiger partial charge on any atom is -0.357 e. The first-order valence-corrected chi connectivity index (χ1v) is 7.47. The number of hydrogen-bond donors (Lipinski definition) is 3. The van der Waals surface area contributed by atoms with Crippen LogP contribution in [0.3, 0.4) is 0 Å². The van der Waals surface area contributed by atoms with Crippen molar-refractivity contribution in [2.75, 3.05) is 13.6 Å². The molecule has 3 N–H and O–H groups in total. The fourth-order valence-electron chi connectivity index (χ4n) is 3.18. The van der Waals surface area contributed by atoms with Gasteiger partial charge in [0.05, 0.1) is 23.8 Å². The molecule has 2 aliphatic rings. The van der Waals surface area contributed by atoms with Crippen LogP contribution < -0.4 is 10.6 Å². The highest BCUT2D eigenvalue weighted by molar-refractivity contribution is 5.90. The Morgan fingerprint density at radius 2 is 2.29 bits per heavy atom. The summed E-state index contributed by atoms with van der Waals surface area (Å²) in [5.41, 5.74) is 1.99. The van der Waals surface area contributed by atoms with Crippen LogP contribution in [0, 0.1) is 0 Å². The molecule has 1 fully saturated rings. The summed E-state index contributed by atoms with van der Waals surface area (Å²) in [6.07, 6.45) is 4.93. The van der Waals surface area contributed by atoms with Crippen LogP contribution in [0.5, 0.6) is 0 Å². The predicted molar refractivity (Wildman–Crippen MR) is 76.3 cm³/mol. The molecule has 0 bridgehead atoms. The first-order valence-electron chi connectivity index (χ1n) is 7.47. The zero-order valence-corrected chi connectivity index (χ0v) is 12.2. The number of nitrogens with zero attached hydrogens (tertiary/aromatic N) is 2. The average Bonchev–Trinajstić information content (AvgIpc) is 3.01. The minimum absolute atomic E-state index is 0.0111. The normalized spacial score (nSPS) is 25.3. The molecule has 114 valence electrons. The Morgan fingerprint density at radius 3 is 3.10 bits per heavy atom. The number of piperidine rings is 1. The lowest BCUT2D eigenvalue weighted by atomic mass is 9.98. The number of carbonyl (C=O) groups is 2. The standard InChI is InChI=1S/C14H21N5O2/c1-15-13(20)12-4-2-3-5-19(12)14(21)10-6-9-11(7-16-10)18-8-17-9/h8,10,12,16H,2-7H2,1H3,(H,15,20)(H,17,18). The van der Waals surface area contributed by atoms with Gasteiger partial charge in [-0.3, -0.25) is 14.9 Å². The van der Waals surface area contributed by atoms with Gasteiger partial charge < -0.3 is 15.2 Å². The van der Waals surface area contributed by atoms with Crippen LogP contribution >= 0.6 is 0 Å². The molecule has 3 heterocycles. The molecule has 21 heavy (non-hydrogen) atoms. The highest BCUT2D eigenvalue weighted by Crippen LogP contribution is 2.21. The first-order chi connectivity index (χ1) is 10.2. The average molecular weight is 291 g/mol. The van der Waals surface area contributed by atoms with Gasteiger partial charge in [0.15, 0.2) is 0 Å². The second-order valence-electron chi connectivity index (χ2n) is 5.62. The Balaban J connectivity index is 1.73. The lowest BCUT2D eigenvalue weighted by Gasteiger charge is -2.37. The van der Waals surface area contributed by atoms with E-state index in [1.807, 2.05) is 0 Å². The van der Waals surface area contributed by atoms with Crippen molar-refractivity contribution < 1.29 is 9.59 Å². The van der Waals surface area contributed by atoms with Crippen LogP contribution in [0.4, 0.5) is 0 Å². The predicted octanol–water partition coefficient (Wildman–Crippen LogP) is -0.449. The third-order valence-corrected chi connectivity index (χ3v) is 4.36. The molecule has 2 amide bonds. The van der Waals surface area contributed by atoms with E-state index in [2.05, 4.69) is 20.6 Å². The number of aromatic nitrogens is 2. The van der Waals surface area contributed by atoms with Crippen molar-refractivity contribution in [3.8, 4) is 0 Å². The smallest absolute Gasteiger partial charge is 0.242 e. The van der Waals surface area contributed by atoms with Gasteiger partial charge in [0.1, 0.15) is 6.04 Å². The van der Waals surface area contributed by atoms with Gasteiger partial charge in [-0.05, 0) is 19.3 Å². The third kappa shape index (κ3) is 2.65. The van der Waals surface area contributed by atoms with E-state index >= 15 is 0 Å². The number of hydrogen-bond acceptors (Lipinski definition) is 4. The maximum Gasteiger partial charge on any atom is 0.242 e. The monoisotopic (exact) mass is 291 g/mol. The van der Waals surface area contributed by atoms with Crippen LogP contribution in [0.1, 0.15) is 30.7 Å². The number of imidazole rings is 1. The number of likely N-dealkylation sites (tertiary alicyclic amines) is 1. The van der Waals surface area contributed by atoms with Crippen LogP contribution in [0.15, 0.2) is 6.33 Å². The van der Waals surface area contributed by atoms with Crippen LogP contribution in [-0.4, -0.2) is 52.4 Å². The van der Waals surface area contributed by atoms with Crippen molar-refractivity contribution in [1.29, 1.82) is 0 Å². The molecule has 0 radical (unpaired) electrons. The topological polar surface area (TPSA) is 90.1 Å². The highest BCUT2D eigenvalue weighted by Gasteiger charge is 2.36. The third-order valence-electron chi connectivity index (χ3n) is 4.36. The number of amides is 2. The molecule has 1 saturated heterocycles. The number of carbonyl (C=O) groups excluding carboxylic acids is 2. The van der Waals surface area contributed by atoms with Crippen LogP contribution in [-0.2, 0) is 22.6 Å². The highest BCUT2D eigenvalue weighted by atomic mass is 16.2. The van der Waals surface area contributed by atoms with E-state index < -0.39 is 0 Å². The molecule has 0 spiro atoms. The van der Waals surface area contributed by atoms with Crippen molar-refractivity contribution in [3.63, 3.8) is 0 Å². The van der Waals surface area contributed by atoms with E-state index in [-0.39, 0.29) is 23.9 Å². The maximum atomic E-state index is 12.8. The quantitative estimate of drug-likeness (QED) is 0.688. The molecule has 3 rings (SSSR count). The van der Waals surface area contributed by atoms with Crippen molar-refractivity contribution in [3.05, 3.63) is 17.7 Å². The summed E-state index contributed by atoms with van der Waals surface area (Å²) in [6, 6.07) is -0.621. The van der Waals surface area contributed by atoms with Gasteiger partial charge in [-0.2, -0.15) is 0 Å². The van der Waals surface area contributed by atoms with E-state index in [4.69, 9.17) is 0 Å². The fraction of sp³-hybridized carbons (Fsp3) is 0.643. The maximum absolute atomic E-state index is 12.8. The molecule has 2 aliphatic heterocycles. The molecule has 1 aromatic heterocycles. The number of H-pyrrole nitrogens is 1. The molecule has 0 aliphatic carbocycles. The van der Waals surface area contributed by atoms with Gasteiger partial charge in [0.2, 0.25) is 11.8 Å². The summed E-state index contributed by atoms with van der Waals surface area (Å²) >= 11 is 0. The van der Waals surface area contributed by atoms with Crippen molar-refractivity contribution in [1.82, 2.24) is 25.5 Å². The summed E-state index contributed by atoms with van der Waals surface area (Å²) in [5, 5.41) is 5.91. The molecule has 7 nitrogen and oxygen atoms in total. The summed E-state index contributed by atoms with van der Waals surface area (Å²) in [5.74, 6) is -0.0590. The zero-order chi connectivity index (χ0) is 14.8. The largest absolute Gasteiger partial charge is 0.357 e. The molecule has 2 atom stereocenters. The summed E-state index contributed by atoms with van der Waals surface area (Å²) in [4.78, 5) is 33.8. The van der Waals surface area contributed by atoms with Gasteiger partial charge >= 0.3 is 0 Å². The van der Waals surface area contributed by atoms with Crippen LogP contribution in [0.2, 0.25) is 0 Å². The number of rotatable bonds is 2. The molecule has 0 aromatic carbocycles. The Labute approximate surface area is 123 Å². The molecule has 7 heteroatoms. The number of fused-ring (bicyclic) bond motifs is 1. The van der Waals surface area contributed by atoms with Gasteiger partial charge in [-0.15, -0.1) is 0 Å². The van der Waals surface area contributed by atoms with Crippen LogP contribution in [0.25, 0.3) is 0 Å². The first kappa shape index (κ1) is 14.1. The van der Waals surface area contributed by atoms with Crippen molar-refractivity contribution in [2.45, 2.75) is 44.3 Å². The van der Waals surface area contributed by atoms with Gasteiger partial charge in [0, 0.05) is 26.6 Å². The minimum atomic E-state index is -0.335. The second kappa shape index (κ2) is 5.85. The van der Waals surface area contributed by atoms with Gasteiger partial charge in [-0.25, -0.2) is 4.98 Å². The van der Waals surface area contributed by atoms with E-state index in [0.717, 1.165) is 30.7 Å². The van der Waals surface area contributed by atoms with E-state index in [1.165, 1.54) is 0 Å². The summed E-state index contributed by atoms with van der Waals surface area (Å²) in [7, 11) is 1.62. The number of aromatic amines is 1. The Morgan fingerprint density at radius 1 is 1.43 bits per heavy atom. The SMILES string of the molecule is CNC(=O)C1CCCCN1C(=O)C1Cc2nc[nH]c2CN1. The zero-order valence-electron chi connectivity index (χ0n) is 12.2. The Kier molecular flexibility index (Phi) is 3.92. The molecule has 0 saturated carbocycles. The van der Waals surface area contributed by atoms with Crippen molar-refractivity contribution >= 4 is 11.8 Å². The molecular weight excluding hydrogens is 270 g/mol. The second-order valence-corrected chi connectivity index (χ2v) is 5.62. The van der Waals surface area contributed by atoms with Gasteiger partial charge in [0.25, 0.3) is 0 Å². The molecule has 1 aromatic rings. The lowest BCUT2D eigenvalue weighted by molar-refractivity contribution is -0.143.